The molecule has 0 spiro atoms. The molecule has 0 saturated carbocycles. The summed E-state index contributed by atoms with van der Waals surface area (Å²) in [5, 5.41) is 0.877. The number of aromatic nitrogens is 1. The van der Waals surface area contributed by atoms with Crippen LogP contribution >= 0.6 is 0 Å². The second-order valence-electron chi connectivity index (χ2n) is 4.79. The van der Waals surface area contributed by atoms with E-state index in [9.17, 15) is 9.59 Å². The zero-order chi connectivity index (χ0) is 15.4. The van der Waals surface area contributed by atoms with Gasteiger partial charge in [0.15, 0.2) is 0 Å². The number of para-hydroxylation sites is 1. The van der Waals surface area contributed by atoms with Crippen molar-refractivity contribution in [1.29, 1.82) is 0 Å². The molecule has 5 heteroatoms. The second kappa shape index (κ2) is 6.43. The number of esters is 1. The summed E-state index contributed by atoms with van der Waals surface area (Å²) in [4.78, 5) is 29.0. The third-order valence-corrected chi connectivity index (χ3v) is 3.40. The predicted molar refractivity (Wildman–Crippen MR) is 81.2 cm³/mol. The zero-order valence-corrected chi connectivity index (χ0v) is 12.6. The molecule has 0 atom stereocenters. The van der Waals surface area contributed by atoms with E-state index < -0.39 is 0 Å². The van der Waals surface area contributed by atoms with Crippen LogP contribution in [0, 0.1) is 6.92 Å². The maximum atomic E-state index is 12.7. The average Bonchev–Trinajstić information content (AvgIpc) is 2.80. The van der Waals surface area contributed by atoms with Crippen LogP contribution in [-0.4, -0.2) is 41.5 Å². The van der Waals surface area contributed by atoms with Crippen LogP contribution in [0.25, 0.3) is 10.9 Å². The van der Waals surface area contributed by atoms with Crippen molar-refractivity contribution in [2.45, 2.75) is 20.8 Å². The van der Waals surface area contributed by atoms with Gasteiger partial charge in [0.25, 0.3) is 5.91 Å². The van der Waals surface area contributed by atoms with E-state index in [0.717, 1.165) is 16.6 Å². The Hall–Kier alpha value is -2.30. The van der Waals surface area contributed by atoms with Crippen LogP contribution < -0.4 is 0 Å². The van der Waals surface area contributed by atoms with E-state index in [1.807, 2.05) is 38.1 Å². The number of fused-ring (bicyclic) bond motifs is 1. The van der Waals surface area contributed by atoms with E-state index in [4.69, 9.17) is 4.74 Å². The number of carbonyl (C=O) groups is 2. The van der Waals surface area contributed by atoms with Gasteiger partial charge in [0, 0.05) is 23.1 Å². The molecule has 0 aliphatic rings. The van der Waals surface area contributed by atoms with Gasteiger partial charge in [-0.25, -0.2) is 0 Å². The molecule has 1 amide bonds. The number of rotatable bonds is 5. The van der Waals surface area contributed by atoms with Gasteiger partial charge in [-0.2, -0.15) is 0 Å². The number of aryl methyl sites for hydroxylation is 1. The smallest absolute Gasteiger partial charge is 0.325 e. The van der Waals surface area contributed by atoms with Crippen molar-refractivity contribution in [3.05, 3.63) is 35.5 Å². The van der Waals surface area contributed by atoms with Gasteiger partial charge in [-0.3, -0.25) is 9.59 Å². The van der Waals surface area contributed by atoms with Crippen LogP contribution in [0.3, 0.4) is 0 Å². The van der Waals surface area contributed by atoms with Crippen molar-refractivity contribution in [2.24, 2.45) is 0 Å². The monoisotopic (exact) mass is 288 g/mol. The highest BCUT2D eigenvalue weighted by atomic mass is 16.5. The lowest BCUT2D eigenvalue weighted by Gasteiger charge is -2.20. The van der Waals surface area contributed by atoms with Crippen molar-refractivity contribution >= 4 is 22.8 Å². The predicted octanol–water partition coefficient (Wildman–Crippen LogP) is 2.50. The van der Waals surface area contributed by atoms with Gasteiger partial charge in [0.1, 0.15) is 6.54 Å². The fraction of sp³-hybridized carbons (Fsp3) is 0.375. The number of H-pyrrole nitrogens is 1. The Morgan fingerprint density at radius 2 is 1.95 bits per heavy atom. The molecule has 2 rings (SSSR count). The number of nitrogens with zero attached hydrogens (tertiary/aromatic N) is 1. The molecule has 1 heterocycles. The van der Waals surface area contributed by atoms with E-state index >= 15 is 0 Å². The Balaban J connectivity index is 2.31. The molecule has 2 aromatic rings. The normalized spacial score (nSPS) is 10.6. The van der Waals surface area contributed by atoms with Gasteiger partial charge in [0.05, 0.1) is 12.2 Å². The number of likely N-dealkylation sites (N-methyl/N-ethyl adjacent to an activating group) is 1. The van der Waals surface area contributed by atoms with Crippen LogP contribution in [0.1, 0.15) is 29.9 Å². The number of ether oxygens (including phenoxy) is 1. The fourth-order valence-corrected chi connectivity index (χ4v) is 2.40. The Kier molecular flexibility index (Phi) is 4.62. The van der Waals surface area contributed by atoms with E-state index in [-0.39, 0.29) is 18.4 Å². The molecular weight excluding hydrogens is 268 g/mol. The fourth-order valence-electron chi connectivity index (χ4n) is 2.40. The number of aromatic amines is 1. The van der Waals surface area contributed by atoms with Crippen molar-refractivity contribution in [3.63, 3.8) is 0 Å². The first-order chi connectivity index (χ1) is 10.1. The first kappa shape index (κ1) is 15.1. The number of nitrogens with one attached hydrogen (secondary N) is 1. The van der Waals surface area contributed by atoms with E-state index in [2.05, 4.69) is 4.98 Å². The lowest BCUT2D eigenvalue weighted by atomic mass is 10.1. The average molecular weight is 288 g/mol. The summed E-state index contributed by atoms with van der Waals surface area (Å²) >= 11 is 0. The van der Waals surface area contributed by atoms with Crippen LogP contribution in [0.4, 0.5) is 0 Å². The third kappa shape index (κ3) is 3.07. The van der Waals surface area contributed by atoms with Gasteiger partial charge >= 0.3 is 5.97 Å². The van der Waals surface area contributed by atoms with Crippen molar-refractivity contribution < 1.29 is 14.3 Å². The summed E-state index contributed by atoms with van der Waals surface area (Å²) in [7, 11) is 0. The van der Waals surface area contributed by atoms with Gasteiger partial charge in [-0.15, -0.1) is 0 Å². The van der Waals surface area contributed by atoms with Crippen molar-refractivity contribution in [1.82, 2.24) is 9.88 Å². The largest absolute Gasteiger partial charge is 0.465 e. The van der Waals surface area contributed by atoms with E-state index in [1.54, 1.807) is 6.92 Å². The van der Waals surface area contributed by atoms with Gasteiger partial charge in [-0.05, 0) is 26.8 Å². The summed E-state index contributed by atoms with van der Waals surface area (Å²) in [6.07, 6.45) is 0. The van der Waals surface area contributed by atoms with Crippen LogP contribution in [0.2, 0.25) is 0 Å². The van der Waals surface area contributed by atoms with Crippen molar-refractivity contribution in [2.75, 3.05) is 19.7 Å². The molecule has 0 unspecified atom stereocenters. The van der Waals surface area contributed by atoms with Gasteiger partial charge in [0.2, 0.25) is 0 Å². The molecule has 0 bridgehead atoms. The Morgan fingerprint density at radius 3 is 2.62 bits per heavy atom. The lowest BCUT2D eigenvalue weighted by molar-refractivity contribution is -0.143. The lowest BCUT2D eigenvalue weighted by Crippen LogP contribution is -2.36. The maximum absolute atomic E-state index is 12.7. The molecule has 0 saturated heterocycles. The van der Waals surface area contributed by atoms with Gasteiger partial charge in [-0.1, -0.05) is 18.2 Å². The summed E-state index contributed by atoms with van der Waals surface area (Å²) in [6.45, 7) is 6.21. The zero-order valence-electron chi connectivity index (χ0n) is 12.6. The summed E-state index contributed by atoms with van der Waals surface area (Å²) in [5.41, 5.74) is 2.35. The van der Waals surface area contributed by atoms with Crippen LogP contribution in [0.5, 0.6) is 0 Å². The Morgan fingerprint density at radius 1 is 1.24 bits per heavy atom. The van der Waals surface area contributed by atoms with Crippen molar-refractivity contribution in [3.8, 4) is 0 Å². The van der Waals surface area contributed by atoms with Crippen LogP contribution in [-0.2, 0) is 9.53 Å². The second-order valence-corrected chi connectivity index (χ2v) is 4.79. The Bertz CT molecular complexity index is 661. The molecular formula is C16H20N2O3. The molecule has 1 N–H and O–H groups in total. The number of hydrogen-bond donors (Lipinski definition) is 1. The van der Waals surface area contributed by atoms with E-state index in [0.29, 0.717) is 18.7 Å². The SMILES string of the molecule is CCOC(=O)CN(CC)C(=O)c1c(C)[nH]c2ccccc12. The topological polar surface area (TPSA) is 62.4 Å². The minimum atomic E-state index is -0.384. The summed E-state index contributed by atoms with van der Waals surface area (Å²) in [6, 6.07) is 7.65. The summed E-state index contributed by atoms with van der Waals surface area (Å²) in [5.74, 6) is -0.536. The molecule has 0 aliphatic heterocycles. The molecule has 5 nitrogen and oxygen atoms in total. The first-order valence-corrected chi connectivity index (χ1v) is 7.10. The van der Waals surface area contributed by atoms with E-state index in [1.165, 1.54) is 4.90 Å². The number of hydrogen-bond acceptors (Lipinski definition) is 3. The molecule has 0 radical (unpaired) electrons. The van der Waals surface area contributed by atoms with Crippen LogP contribution in [0.15, 0.2) is 24.3 Å². The maximum Gasteiger partial charge on any atom is 0.325 e. The van der Waals surface area contributed by atoms with Gasteiger partial charge < -0.3 is 14.6 Å². The number of benzene rings is 1. The highest BCUT2D eigenvalue weighted by Crippen LogP contribution is 2.23. The minimum absolute atomic E-state index is 0.0257. The third-order valence-electron chi connectivity index (χ3n) is 3.40. The number of carbonyl (C=O) groups excluding carboxylic acids is 2. The molecule has 112 valence electrons. The molecule has 1 aromatic heterocycles. The molecule has 21 heavy (non-hydrogen) atoms. The first-order valence-electron chi connectivity index (χ1n) is 7.10. The highest BCUT2D eigenvalue weighted by molar-refractivity contribution is 6.08. The Labute approximate surface area is 123 Å². The standard InChI is InChI=1S/C16H20N2O3/c1-4-18(10-14(19)21-5-2)16(20)15-11(3)17-13-9-7-6-8-12(13)15/h6-9,17H,4-5,10H2,1-3H3. The minimum Gasteiger partial charge on any atom is -0.465 e. The summed E-state index contributed by atoms with van der Waals surface area (Å²) < 4.78 is 4.92. The molecule has 0 fully saturated rings. The molecule has 1 aromatic carbocycles. The highest BCUT2D eigenvalue weighted by Gasteiger charge is 2.22. The number of amides is 1. The quantitative estimate of drug-likeness (QED) is 0.860. The molecule has 0 aliphatic carbocycles.